The predicted octanol–water partition coefficient (Wildman–Crippen LogP) is 3.12. The molecule has 5 aliphatic carbocycles. The van der Waals surface area contributed by atoms with Gasteiger partial charge in [-0.1, -0.05) is 32.9 Å². The number of amides is 1. The van der Waals surface area contributed by atoms with Crippen LogP contribution in [0.3, 0.4) is 0 Å². The summed E-state index contributed by atoms with van der Waals surface area (Å²) in [7, 11) is 6.77. The highest BCUT2D eigenvalue weighted by Crippen LogP contribution is 2.80. The summed E-state index contributed by atoms with van der Waals surface area (Å²) in [6, 6.07) is 6.53. The number of anilines is 1. The molecule has 5 saturated carbocycles. The van der Waals surface area contributed by atoms with Crippen LogP contribution >= 0.6 is 0 Å². The second-order valence-electron chi connectivity index (χ2n) is 15.6. The van der Waals surface area contributed by atoms with Crippen molar-refractivity contribution in [2.45, 2.75) is 94.5 Å². The number of carbonyl (C=O) groups is 2. The Morgan fingerprint density at radius 2 is 1.81 bits per heavy atom. The van der Waals surface area contributed by atoms with Crippen LogP contribution in [0.5, 0.6) is 0 Å². The van der Waals surface area contributed by atoms with Gasteiger partial charge in [0, 0.05) is 75.9 Å². The van der Waals surface area contributed by atoms with Gasteiger partial charge >= 0.3 is 5.97 Å². The monoisotopic (exact) mass is 670 g/mol. The number of nitrogens with one attached hydrogen (secondary N) is 1. The molecule has 1 spiro atoms. The number of hydrogen-bond donors (Lipinski definition) is 3. The van der Waals surface area contributed by atoms with Gasteiger partial charge in [-0.3, -0.25) is 9.69 Å². The van der Waals surface area contributed by atoms with Crippen LogP contribution in [-0.2, 0) is 28.5 Å². The quantitative estimate of drug-likeness (QED) is 0.302. The van der Waals surface area contributed by atoms with E-state index in [1.54, 1.807) is 52.7 Å². The summed E-state index contributed by atoms with van der Waals surface area (Å²) in [5.41, 5.74) is -3.66. The van der Waals surface area contributed by atoms with Crippen LogP contribution in [0.25, 0.3) is 0 Å². The molecule has 1 aliphatic heterocycles. The maximum Gasteiger partial charge on any atom is 0.340 e. The zero-order valence-electron chi connectivity index (χ0n) is 29.4. The van der Waals surface area contributed by atoms with E-state index in [1.807, 2.05) is 13.8 Å². The minimum absolute atomic E-state index is 0.0424. The van der Waals surface area contributed by atoms with Crippen LogP contribution in [0, 0.1) is 40.4 Å². The number of likely N-dealkylation sites (tertiary alicyclic amines) is 1. The van der Waals surface area contributed by atoms with Crippen molar-refractivity contribution in [2.75, 3.05) is 53.5 Å². The molecule has 48 heavy (non-hydrogen) atoms. The molecule has 7 bridgehead atoms. The van der Waals surface area contributed by atoms with E-state index in [9.17, 15) is 19.8 Å². The van der Waals surface area contributed by atoms with Gasteiger partial charge in [0.25, 0.3) is 0 Å². The normalized spacial score (nSPS) is 45.9. The van der Waals surface area contributed by atoms with E-state index < -0.39 is 40.1 Å². The second-order valence-corrected chi connectivity index (χ2v) is 15.6. The number of likely N-dealkylation sites (N-methyl/N-ethyl adjacent to an activating group) is 1. The molecule has 1 heterocycles. The minimum Gasteiger partial charge on any atom is -0.461 e. The van der Waals surface area contributed by atoms with Gasteiger partial charge in [-0.05, 0) is 50.3 Å². The zero-order valence-corrected chi connectivity index (χ0v) is 29.4. The molecule has 1 aromatic carbocycles. The highest BCUT2D eigenvalue weighted by Gasteiger charge is 2.91. The van der Waals surface area contributed by atoms with Crippen molar-refractivity contribution in [2.24, 2.45) is 40.4 Å². The molecule has 3 N–H and O–H groups in total. The molecular formula is C37H54N2O9. The Bertz CT molecular complexity index is 1430. The fourth-order valence-corrected chi connectivity index (χ4v) is 12.5. The molecule has 7 rings (SSSR count). The maximum atomic E-state index is 13.9. The predicted molar refractivity (Wildman–Crippen MR) is 176 cm³/mol. The highest BCUT2D eigenvalue weighted by molar-refractivity contribution is 6.01. The average molecular weight is 671 g/mol. The molecule has 14 atom stereocenters. The molecule has 1 aromatic rings. The maximum absolute atomic E-state index is 13.9. The summed E-state index contributed by atoms with van der Waals surface area (Å²) in [4.78, 5) is 29.0. The Balaban J connectivity index is 1.32. The highest BCUT2D eigenvalue weighted by atomic mass is 16.5. The van der Waals surface area contributed by atoms with E-state index in [2.05, 4.69) is 17.1 Å². The second kappa shape index (κ2) is 12.0. The van der Waals surface area contributed by atoms with Crippen molar-refractivity contribution in [3.63, 3.8) is 0 Å². The lowest BCUT2D eigenvalue weighted by Crippen LogP contribution is -2.82. The molecule has 266 valence electrons. The van der Waals surface area contributed by atoms with Gasteiger partial charge in [0.15, 0.2) is 0 Å². The minimum atomic E-state index is -1.66. The van der Waals surface area contributed by atoms with Gasteiger partial charge in [0.05, 0.1) is 48.3 Å². The number of benzene rings is 1. The van der Waals surface area contributed by atoms with Crippen molar-refractivity contribution in [1.29, 1.82) is 0 Å². The molecule has 1 saturated heterocycles. The third-order valence-corrected chi connectivity index (χ3v) is 14.3. The molecule has 0 radical (unpaired) electrons. The largest absolute Gasteiger partial charge is 0.461 e. The summed E-state index contributed by atoms with van der Waals surface area (Å²) >= 11 is 0. The smallest absolute Gasteiger partial charge is 0.340 e. The van der Waals surface area contributed by atoms with E-state index >= 15 is 0 Å². The fourth-order valence-electron chi connectivity index (χ4n) is 12.5. The topological polar surface area (TPSA) is 136 Å². The first-order valence-electron chi connectivity index (χ1n) is 17.9. The van der Waals surface area contributed by atoms with Crippen LogP contribution in [-0.4, -0.2) is 117 Å². The van der Waals surface area contributed by atoms with Crippen molar-refractivity contribution < 1.29 is 43.5 Å². The molecule has 11 nitrogen and oxygen atoms in total. The van der Waals surface area contributed by atoms with E-state index in [0.29, 0.717) is 43.6 Å². The Morgan fingerprint density at radius 3 is 2.46 bits per heavy atom. The lowest BCUT2D eigenvalue weighted by molar-refractivity contribution is -0.320. The van der Waals surface area contributed by atoms with E-state index in [-0.39, 0.29) is 60.4 Å². The SMILES string of the molecule is CC[C@H](C)C(=O)Nc1ccccc1C(=O)OC[C@]12CC[C@H](OC)[C@]34C(N(CC)C1)[C@](O)([C@@H](OC)[C@H]23)[C@@]1(O)C[C@H](OC)[C@H]2C[C@@H]4[C@@H]1[C@H]2OC. The van der Waals surface area contributed by atoms with Crippen LogP contribution in [0.15, 0.2) is 24.3 Å². The molecule has 1 unspecified atom stereocenters. The summed E-state index contributed by atoms with van der Waals surface area (Å²) in [6.45, 7) is 7.22. The lowest BCUT2D eigenvalue weighted by atomic mass is 9.42. The van der Waals surface area contributed by atoms with Crippen molar-refractivity contribution in [3.8, 4) is 0 Å². The Labute approximate surface area is 283 Å². The molecule has 0 aromatic heterocycles. The van der Waals surface area contributed by atoms with Crippen molar-refractivity contribution in [3.05, 3.63) is 29.8 Å². The molecule has 1 amide bonds. The summed E-state index contributed by atoms with van der Waals surface area (Å²) < 4.78 is 31.4. The summed E-state index contributed by atoms with van der Waals surface area (Å²) in [5, 5.41) is 29.5. The number of hydrogen-bond acceptors (Lipinski definition) is 10. The Kier molecular flexibility index (Phi) is 8.58. The zero-order chi connectivity index (χ0) is 34.4. The number of nitrogens with zero attached hydrogens (tertiary/aromatic N) is 1. The first-order valence-corrected chi connectivity index (χ1v) is 17.9. The number of rotatable bonds is 11. The fraction of sp³-hybridized carbons (Fsp3) is 0.784. The number of para-hydroxylation sites is 1. The van der Waals surface area contributed by atoms with Crippen LogP contribution in [0.4, 0.5) is 5.69 Å². The number of aliphatic hydroxyl groups is 2. The Morgan fingerprint density at radius 1 is 1.06 bits per heavy atom. The molecule has 6 fully saturated rings. The average Bonchev–Trinajstić information content (AvgIpc) is 3.51. The first-order chi connectivity index (χ1) is 23.0. The number of esters is 1. The van der Waals surface area contributed by atoms with E-state index in [1.165, 1.54) is 0 Å². The number of fused-ring (bicyclic) bond motifs is 2. The first kappa shape index (κ1) is 34.3. The lowest BCUT2D eigenvalue weighted by Gasteiger charge is -2.70. The summed E-state index contributed by atoms with van der Waals surface area (Å²) in [5.74, 6) is -1.43. The van der Waals surface area contributed by atoms with Crippen LogP contribution < -0.4 is 5.32 Å². The Hall–Kier alpha value is -2.12. The van der Waals surface area contributed by atoms with Gasteiger partial charge in [-0.15, -0.1) is 0 Å². The van der Waals surface area contributed by atoms with Gasteiger partial charge in [-0.25, -0.2) is 4.79 Å². The van der Waals surface area contributed by atoms with Gasteiger partial charge in [-0.2, -0.15) is 0 Å². The molecule has 11 heteroatoms. The van der Waals surface area contributed by atoms with E-state index in [0.717, 1.165) is 12.8 Å². The molecular weight excluding hydrogens is 616 g/mol. The number of piperidine rings is 1. The van der Waals surface area contributed by atoms with E-state index in [4.69, 9.17) is 23.7 Å². The third-order valence-electron chi connectivity index (χ3n) is 14.3. The third kappa shape index (κ3) is 4.12. The number of ether oxygens (including phenoxy) is 5. The van der Waals surface area contributed by atoms with Gasteiger partial charge in [0.1, 0.15) is 11.2 Å². The summed E-state index contributed by atoms with van der Waals surface area (Å²) in [6.07, 6.45) is 1.66. The molecule has 6 aliphatic rings. The van der Waals surface area contributed by atoms with Crippen molar-refractivity contribution >= 4 is 17.6 Å². The van der Waals surface area contributed by atoms with Crippen LogP contribution in [0.1, 0.15) is 63.2 Å². The van der Waals surface area contributed by atoms with Gasteiger partial charge < -0.3 is 39.2 Å². The van der Waals surface area contributed by atoms with Crippen molar-refractivity contribution in [1.82, 2.24) is 4.90 Å². The standard InChI is InChI=1S/C37H54N2O9/c1-8-20(3)31(40)38-24-13-11-10-12-21(24)32(41)48-19-34-15-14-26(45-5)36-23-16-22-25(44-4)17-35(42,27(23)28(22)46-6)37(43,30(47-7)29(34)36)33(36)39(9-2)18-34/h10-13,20,22-23,25-30,33,42-43H,8-9,14-19H2,1-7H3,(H,38,40)/t20-,22+,23+,25-,26-,27+,28-,29+,30-,33?,34-,35+,36-,37+/m0/s1. The van der Waals surface area contributed by atoms with Crippen LogP contribution in [0.2, 0.25) is 0 Å². The number of carbonyl (C=O) groups excluding carboxylic acids is 2. The van der Waals surface area contributed by atoms with Gasteiger partial charge in [0.2, 0.25) is 5.91 Å². The number of methoxy groups -OCH3 is 4.